The van der Waals surface area contributed by atoms with Gasteiger partial charge in [0, 0.05) is 30.6 Å². The van der Waals surface area contributed by atoms with Gasteiger partial charge in [0.1, 0.15) is 5.82 Å². The van der Waals surface area contributed by atoms with Gasteiger partial charge >= 0.3 is 0 Å². The third-order valence-corrected chi connectivity index (χ3v) is 2.96. The van der Waals surface area contributed by atoms with Crippen LogP contribution in [-0.4, -0.2) is 31.2 Å². The quantitative estimate of drug-likeness (QED) is 0.805. The first-order valence-corrected chi connectivity index (χ1v) is 6.82. The van der Waals surface area contributed by atoms with Crippen LogP contribution in [0.4, 0.5) is 11.5 Å². The number of ether oxygens (including phenoxy) is 1. The lowest BCUT2D eigenvalue weighted by Gasteiger charge is -2.07. The average molecular weight is 306 g/mol. The Bertz CT molecular complexity index is 602. The fraction of sp³-hybridized carbons (Fsp3) is 0.200. The Labute approximate surface area is 128 Å². The molecule has 5 nitrogen and oxygen atoms in total. The lowest BCUT2D eigenvalue weighted by Crippen LogP contribution is -2.13. The van der Waals surface area contributed by atoms with E-state index in [2.05, 4.69) is 15.6 Å². The van der Waals surface area contributed by atoms with Crippen molar-refractivity contribution in [2.45, 2.75) is 0 Å². The van der Waals surface area contributed by atoms with Gasteiger partial charge in [0.15, 0.2) is 0 Å². The molecular formula is C15H16ClN3O2. The van der Waals surface area contributed by atoms with Crippen molar-refractivity contribution in [1.82, 2.24) is 4.98 Å². The summed E-state index contributed by atoms with van der Waals surface area (Å²) in [6, 6.07) is 10.5. The van der Waals surface area contributed by atoms with Crippen LogP contribution in [0.5, 0.6) is 0 Å². The second kappa shape index (κ2) is 7.61. The summed E-state index contributed by atoms with van der Waals surface area (Å²) in [6.07, 6.45) is 1.52. The van der Waals surface area contributed by atoms with Gasteiger partial charge in [-0.2, -0.15) is 0 Å². The molecule has 0 atom stereocenters. The molecule has 2 rings (SSSR count). The van der Waals surface area contributed by atoms with Gasteiger partial charge in [-0.25, -0.2) is 4.98 Å². The Balaban J connectivity index is 1.96. The number of hydrogen-bond donors (Lipinski definition) is 2. The molecule has 0 unspecified atom stereocenters. The number of anilines is 2. The summed E-state index contributed by atoms with van der Waals surface area (Å²) in [4.78, 5) is 16.2. The lowest BCUT2D eigenvalue weighted by molar-refractivity contribution is 0.102. The molecule has 110 valence electrons. The molecule has 0 saturated carbocycles. The fourth-order valence-electron chi connectivity index (χ4n) is 1.68. The van der Waals surface area contributed by atoms with E-state index in [1.807, 2.05) is 0 Å². The third-order valence-electron chi connectivity index (χ3n) is 2.72. The monoisotopic (exact) mass is 305 g/mol. The Morgan fingerprint density at radius 2 is 2.19 bits per heavy atom. The van der Waals surface area contributed by atoms with Gasteiger partial charge < -0.3 is 15.4 Å². The Morgan fingerprint density at radius 1 is 1.33 bits per heavy atom. The van der Waals surface area contributed by atoms with Crippen LogP contribution >= 0.6 is 11.6 Å². The lowest BCUT2D eigenvalue weighted by atomic mass is 10.2. The number of carbonyl (C=O) groups is 1. The number of rotatable bonds is 6. The van der Waals surface area contributed by atoms with Crippen LogP contribution < -0.4 is 10.6 Å². The molecule has 0 fully saturated rings. The number of halogens is 1. The van der Waals surface area contributed by atoms with E-state index in [0.29, 0.717) is 35.2 Å². The molecule has 2 N–H and O–H groups in total. The molecular weight excluding hydrogens is 290 g/mol. The zero-order valence-electron chi connectivity index (χ0n) is 11.6. The normalized spacial score (nSPS) is 10.2. The van der Waals surface area contributed by atoms with Gasteiger partial charge in [-0.15, -0.1) is 0 Å². The van der Waals surface area contributed by atoms with Crippen LogP contribution in [0.25, 0.3) is 0 Å². The van der Waals surface area contributed by atoms with Crippen LogP contribution in [0.2, 0.25) is 5.02 Å². The van der Waals surface area contributed by atoms with E-state index in [9.17, 15) is 4.79 Å². The molecule has 21 heavy (non-hydrogen) atoms. The SMILES string of the molecule is COCCNc1ccc(C(=O)Nc2cccc(Cl)c2)cn1. The highest BCUT2D eigenvalue weighted by atomic mass is 35.5. The van der Waals surface area contributed by atoms with Crippen LogP contribution in [0.15, 0.2) is 42.6 Å². The minimum absolute atomic E-state index is 0.229. The summed E-state index contributed by atoms with van der Waals surface area (Å²) < 4.78 is 4.94. The average Bonchev–Trinajstić information content (AvgIpc) is 2.48. The number of nitrogens with zero attached hydrogens (tertiary/aromatic N) is 1. The van der Waals surface area contributed by atoms with E-state index >= 15 is 0 Å². The van der Waals surface area contributed by atoms with E-state index in [0.717, 1.165) is 0 Å². The summed E-state index contributed by atoms with van der Waals surface area (Å²) in [6.45, 7) is 1.26. The summed E-state index contributed by atoms with van der Waals surface area (Å²) in [5, 5.41) is 6.42. The predicted molar refractivity (Wildman–Crippen MR) is 84.0 cm³/mol. The van der Waals surface area contributed by atoms with E-state index in [4.69, 9.17) is 16.3 Å². The zero-order chi connectivity index (χ0) is 15.1. The zero-order valence-corrected chi connectivity index (χ0v) is 12.4. The number of carbonyl (C=O) groups excluding carboxylic acids is 1. The van der Waals surface area contributed by atoms with E-state index in [1.165, 1.54) is 6.20 Å². The summed E-state index contributed by atoms with van der Waals surface area (Å²) in [5.41, 5.74) is 1.13. The summed E-state index contributed by atoms with van der Waals surface area (Å²) in [7, 11) is 1.64. The van der Waals surface area contributed by atoms with E-state index < -0.39 is 0 Å². The van der Waals surface area contributed by atoms with Crippen molar-refractivity contribution in [3.8, 4) is 0 Å². The Morgan fingerprint density at radius 3 is 2.86 bits per heavy atom. The Hall–Kier alpha value is -2.11. The van der Waals surface area contributed by atoms with Crippen LogP contribution in [0, 0.1) is 0 Å². The highest BCUT2D eigenvalue weighted by Crippen LogP contribution is 2.16. The molecule has 1 amide bonds. The van der Waals surface area contributed by atoms with Crippen molar-refractivity contribution in [1.29, 1.82) is 0 Å². The number of hydrogen-bond acceptors (Lipinski definition) is 4. The standard InChI is InChI=1S/C15H16ClN3O2/c1-21-8-7-17-14-6-5-11(10-18-14)15(20)19-13-4-2-3-12(16)9-13/h2-6,9-10H,7-8H2,1H3,(H,17,18)(H,19,20). The highest BCUT2D eigenvalue weighted by molar-refractivity contribution is 6.30. The second-order valence-electron chi connectivity index (χ2n) is 4.32. The van der Waals surface area contributed by atoms with Gasteiger partial charge in [0.25, 0.3) is 5.91 Å². The number of nitrogens with one attached hydrogen (secondary N) is 2. The molecule has 0 bridgehead atoms. The molecule has 0 spiro atoms. The van der Waals surface area contributed by atoms with Crippen LogP contribution in [-0.2, 0) is 4.74 Å². The Kier molecular flexibility index (Phi) is 5.54. The summed E-state index contributed by atoms with van der Waals surface area (Å²) >= 11 is 5.87. The molecule has 1 aromatic heterocycles. The minimum atomic E-state index is -0.229. The maximum Gasteiger partial charge on any atom is 0.257 e. The molecule has 0 radical (unpaired) electrons. The number of methoxy groups -OCH3 is 1. The maximum absolute atomic E-state index is 12.1. The smallest absolute Gasteiger partial charge is 0.257 e. The van der Waals surface area contributed by atoms with Crippen molar-refractivity contribution < 1.29 is 9.53 Å². The molecule has 2 aromatic rings. The van der Waals surface area contributed by atoms with Gasteiger partial charge in [0.05, 0.1) is 12.2 Å². The number of amides is 1. The van der Waals surface area contributed by atoms with Crippen molar-refractivity contribution in [2.24, 2.45) is 0 Å². The predicted octanol–water partition coefficient (Wildman–Crippen LogP) is 3.05. The van der Waals surface area contributed by atoms with Crippen molar-refractivity contribution in [2.75, 3.05) is 30.9 Å². The fourth-order valence-corrected chi connectivity index (χ4v) is 1.87. The highest BCUT2D eigenvalue weighted by Gasteiger charge is 2.07. The molecule has 0 aliphatic rings. The van der Waals surface area contributed by atoms with Gasteiger partial charge in [-0.1, -0.05) is 17.7 Å². The molecule has 6 heteroatoms. The van der Waals surface area contributed by atoms with Crippen LogP contribution in [0.3, 0.4) is 0 Å². The summed E-state index contributed by atoms with van der Waals surface area (Å²) in [5.74, 6) is 0.472. The first-order valence-electron chi connectivity index (χ1n) is 6.45. The number of benzene rings is 1. The maximum atomic E-state index is 12.1. The van der Waals surface area contributed by atoms with Crippen LogP contribution in [0.1, 0.15) is 10.4 Å². The minimum Gasteiger partial charge on any atom is -0.383 e. The largest absolute Gasteiger partial charge is 0.383 e. The van der Waals surface area contributed by atoms with Gasteiger partial charge in [0.2, 0.25) is 0 Å². The van der Waals surface area contributed by atoms with Crippen molar-refractivity contribution in [3.05, 3.63) is 53.2 Å². The molecule has 1 aromatic carbocycles. The van der Waals surface area contributed by atoms with Gasteiger partial charge in [-0.3, -0.25) is 4.79 Å². The molecule has 1 heterocycles. The van der Waals surface area contributed by atoms with Gasteiger partial charge in [-0.05, 0) is 30.3 Å². The molecule has 0 aliphatic heterocycles. The van der Waals surface area contributed by atoms with E-state index in [1.54, 1.807) is 43.5 Å². The van der Waals surface area contributed by atoms with Crippen molar-refractivity contribution in [3.63, 3.8) is 0 Å². The first kappa shape index (κ1) is 15.3. The number of aromatic nitrogens is 1. The topological polar surface area (TPSA) is 63.2 Å². The third kappa shape index (κ3) is 4.73. The van der Waals surface area contributed by atoms with E-state index in [-0.39, 0.29) is 5.91 Å². The second-order valence-corrected chi connectivity index (χ2v) is 4.75. The van der Waals surface area contributed by atoms with Crippen molar-refractivity contribution >= 4 is 29.0 Å². The molecule has 0 aliphatic carbocycles. The molecule has 0 saturated heterocycles. The number of pyridine rings is 1. The first-order chi connectivity index (χ1) is 10.2.